The summed E-state index contributed by atoms with van der Waals surface area (Å²) in [6.07, 6.45) is 0. The van der Waals surface area contributed by atoms with Crippen LogP contribution in [0, 0.1) is 0 Å². The molecule has 6 nitrogen and oxygen atoms in total. The van der Waals surface area contributed by atoms with Crippen molar-refractivity contribution in [3.05, 3.63) is 57.6 Å². The third kappa shape index (κ3) is 6.67. The van der Waals surface area contributed by atoms with Crippen LogP contribution >= 0.6 is 23.2 Å². The van der Waals surface area contributed by atoms with Crippen LogP contribution in [0.25, 0.3) is 11.1 Å². The standard InChI is InChI=1S/C26H31Cl2NO5Si/c1-26(2,25(31)32-3)34-22-10-8-16(27)13-19(22)20(15-33-11-12-35(4,5)6)23-18-9-7-17(28)14-21(18)29-24(23)30/h7-10,13-14H,11-12,15H2,1-6H3,(H,29,30)/b23-20-. The quantitative estimate of drug-likeness (QED) is 0.171. The van der Waals surface area contributed by atoms with Gasteiger partial charge in [0.25, 0.3) is 5.91 Å². The van der Waals surface area contributed by atoms with Gasteiger partial charge in [0, 0.05) is 41.4 Å². The molecule has 0 aliphatic carbocycles. The maximum atomic E-state index is 13.2. The van der Waals surface area contributed by atoms with E-state index in [4.69, 9.17) is 37.4 Å². The molecule has 0 atom stereocenters. The summed E-state index contributed by atoms with van der Waals surface area (Å²) in [5.74, 6) is -0.418. The average molecular weight is 537 g/mol. The largest absolute Gasteiger partial charge is 0.476 e. The van der Waals surface area contributed by atoms with E-state index in [1.165, 1.54) is 7.11 Å². The Bertz CT molecular complexity index is 1170. The molecule has 0 saturated carbocycles. The van der Waals surface area contributed by atoms with Gasteiger partial charge in [-0.05, 0) is 50.2 Å². The van der Waals surface area contributed by atoms with Gasteiger partial charge in [-0.1, -0.05) is 48.9 Å². The van der Waals surface area contributed by atoms with Crippen LogP contribution in [0.4, 0.5) is 5.69 Å². The van der Waals surface area contributed by atoms with E-state index in [0.717, 1.165) is 6.04 Å². The van der Waals surface area contributed by atoms with Crippen LogP contribution in [0.3, 0.4) is 0 Å². The Labute approximate surface area is 217 Å². The van der Waals surface area contributed by atoms with Gasteiger partial charge in [0.2, 0.25) is 0 Å². The molecule has 2 aromatic rings. The van der Waals surface area contributed by atoms with E-state index in [2.05, 4.69) is 25.0 Å². The van der Waals surface area contributed by atoms with Gasteiger partial charge < -0.3 is 19.5 Å². The Morgan fingerprint density at radius 3 is 2.37 bits per heavy atom. The first-order chi connectivity index (χ1) is 16.3. The smallest absolute Gasteiger partial charge is 0.349 e. The second kappa shape index (κ2) is 10.7. The lowest BCUT2D eigenvalue weighted by Crippen LogP contribution is -2.39. The monoisotopic (exact) mass is 535 g/mol. The number of rotatable bonds is 9. The van der Waals surface area contributed by atoms with E-state index >= 15 is 0 Å². The normalized spacial score (nSPS) is 14.9. The number of anilines is 1. The van der Waals surface area contributed by atoms with Crippen molar-refractivity contribution in [2.75, 3.05) is 25.6 Å². The predicted molar refractivity (Wildman–Crippen MR) is 144 cm³/mol. The summed E-state index contributed by atoms with van der Waals surface area (Å²) in [6, 6.07) is 11.3. The summed E-state index contributed by atoms with van der Waals surface area (Å²) < 4.78 is 17.1. The van der Waals surface area contributed by atoms with Gasteiger partial charge in [-0.25, -0.2) is 4.79 Å². The average Bonchev–Trinajstić information content (AvgIpc) is 3.08. The van der Waals surface area contributed by atoms with Gasteiger partial charge in [-0.15, -0.1) is 0 Å². The number of halogens is 2. The van der Waals surface area contributed by atoms with Gasteiger partial charge in [0.1, 0.15) is 5.75 Å². The molecule has 35 heavy (non-hydrogen) atoms. The van der Waals surface area contributed by atoms with Crippen molar-refractivity contribution in [3.8, 4) is 5.75 Å². The van der Waals surface area contributed by atoms with Gasteiger partial charge in [-0.2, -0.15) is 0 Å². The number of hydrogen-bond donors (Lipinski definition) is 1. The first-order valence-corrected chi connectivity index (χ1v) is 15.8. The number of carbonyl (C=O) groups is 2. The topological polar surface area (TPSA) is 73.9 Å². The molecule has 0 aromatic heterocycles. The molecule has 1 N–H and O–H groups in total. The first kappa shape index (κ1) is 27.3. The summed E-state index contributed by atoms with van der Waals surface area (Å²) >= 11 is 12.5. The SMILES string of the molecule is COC(=O)C(C)(C)Oc1ccc(Cl)cc1/C(COCC[Si](C)(C)C)=C1\C(=O)Nc2cc(Cl)ccc21. The summed E-state index contributed by atoms with van der Waals surface area (Å²) in [7, 11) is -0.0117. The fraction of sp³-hybridized carbons (Fsp3) is 0.385. The van der Waals surface area contributed by atoms with E-state index < -0.39 is 19.6 Å². The van der Waals surface area contributed by atoms with Crippen LogP contribution in [-0.2, 0) is 19.1 Å². The molecule has 188 valence electrons. The number of amides is 1. The summed E-state index contributed by atoms with van der Waals surface area (Å²) in [5.41, 5.74) is 1.69. The van der Waals surface area contributed by atoms with Crippen molar-refractivity contribution in [2.45, 2.75) is 45.1 Å². The molecule has 0 bridgehead atoms. The number of nitrogens with one attached hydrogen (secondary N) is 1. The molecule has 0 unspecified atom stereocenters. The third-order valence-electron chi connectivity index (χ3n) is 5.58. The van der Waals surface area contributed by atoms with Gasteiger partial charge in [0.15, 0.2) is 5.60 Å². The van der Waals surface area contributed by atoms with E-state index in [0.29, 0.717) is 50.4 Å². The van der Waals surface area contributed by atoms with E-state index in [1.54, 1.807) is 50.2 Å². The zero-order chi connectivity index (χ0) is 26.0. The van der Waals surface area contributed by atoms with E-state index in [-0.39, 0.29) is 12.5 Å². The summed E-state index contributed by atoms with van der Waals surface area (Å²) in [4.78, 5) is 25.5. The number of methoxy groups -OCH3 is 1. The molecule has 9 heteroatoms. The van der Waals surface area contributed by atoms with E-state index in [9.17, 15) is 9.59 Å². The molecule has 1 amide bonds. The molecular weight excluding hydrogens is 505 g/mol. The van der Waals surface area contributed by atoms with Gasteiger partial charge in [-0.3, -0.25) is 4.79 Å². The fourth-order valence-electron chi connectivity index (χ4n) is 3.67. The molecular formula is C26H31Cl2NO5Si. The van der Waals surface area contributed by atoms with Crippen molar-refractivity contribution in [2.24, 2.45) is 0 Å². The Morgan fingerprint density at radius 2 is 1.71 bits per heavy atom. The third-order valence-corrected chi connectivity index (χ3v) is 7.75. The number of benzene rings is 2. The number of carbonyl (C=O) groups excluding carboxylic acids is 2. The highest BCUT2D eigenvalue weighted by Gasteiger charge is 2.34. The molecule has 2 aromatic carbocycles. The van der Waals surface area contributed by atoms with Crippen LogP contribution in [0.2, 0.25) is 35.7 Å². The highest BCUT2D eigenvalue weighted by atomic mass is 35.5. The molecule has 0 saturated heterocycles. The van der Waals surface area contributed by atoms with Crippen LogP contribution in [0.15, 0.2) is 36.4 Å². The molecule has 0 spiro atoms. The lowest BCUT2D eigenvalue weighted by atomic mass is 9.95. The minimum atomic E-state index is -1.32. The van der Waals surface area contributed by atoms with Crippen LogP contribution < -0.4 is 10.1 Å². The number of fused-ring (bicyclic) bond motifs is 1. The number of ether oxygens (including phenoxy) is 3. The Hall–Kier alpha value is -2.32. The minimum Gasteiger partial charge on any atom is -0.476 e. The maximum absolute atomic E-state index is 13.2. The molecule has 1 aliphatic rings. The first-order valence-electron chi connectivity index (χ1n) is 11.3. The molecule has 3 rings (SSSR count). The Balaban J connectivity index is 2.14. The zero-order valence-corrected chi connectivity index (χ0v) is 23.4. The van der Waals surface area contributed by atoms with Crippen molar-refractivity contribution in [3.63, 3.8) is 0 Å². The highest BCUT2D eigenvalue weighted by Crippen LogP contribution is 2.42. The summed E-state index contributed by atoms with van der Waals surface area (Å²) in [6.45, 7) is 10.8. The van der Waals surface area contributed by atoms with Crippen LogP contribution in [-0.4, -0.2) is 45.9 Å². The molecule has 1 aliphatic heterocycles. The van der Waals surface area contributed by atoms with E-state index in [1.807, 2.05) is 0 Å². The molecule has 0 radical (unpaired) electrons. The van der Waals surface area contributed by atoms with Gasteiger partial charge in [0.05, 0.1) is 25.0 Å². The van der Waals surface area contributed by atoms with Crippen molar-refractivity contribution in [1.82, 2.24) is 0 Å². The highest BCUT2D eigenvalue weighted by molar-refractivity contribution is 6.76. The van der Waals surface area contributed by atoms with Crippen LogP contribution in [0.5, 0.6) is 5.75 Å². The lowest BCUT2D eigenvalue weighted by Gasteiger charge is -2.26. The predicted octanol–water partition coefficient (Wildman–Crippen LogP) is 6.54. The lowest BCUT2D eigenvalue weighted by molar-refractivity contribution is -0.156. The van der Waals surface area contributed by atoms with Crippen LogP contribution in [0.1, 0.15) is 25.0 Å². The second-order valence-corrected chi connectivity index (χ2v) is 16.6. The molecule has 0 fully saturated rings. The minimum absolute atomic E-state index is 0.157. The van der Waals surface area contributed by atoms with Crippen molar-refractivity contribution in [1.29, 1.82) is 0 Å². The second-order valence-electron chi connectivity index (χ2n) is 10.1. The maximum Gasteiger partial charge on any atom is 0.349 e. The Kier molecular flexibility index (Phi) is 8.37. The van der Waals surface area contributed by atoms with Gasteiger partial charge >= 0.3 is 5.97 Å². The summed E-state index contributed by atoms with van der Waals surface area (Å²) in [5, 5.41) is 3.86. The van der Waals surface area contributed by atoms with Crippen molar-refractivity contribution >= 4 is 60.0 Å². The zero-order valence-electron chi connectivity index (χ0n) is 20.9. The Morgan fingerprint density at radius 1 is 1.06 bits per heavy atom. The number of esters is 1. The number of hydrogen-bond acceptors (Lipinski definition) is 5. The fourth-order valence-corrected chi connectivity index (χ4v) is 4.77. The van der Waals surface area contributed by atoms with Crippen molar-refractivity contribution < 1.29 is 23.8 Å². The molecule has 1 heterocycles.